The molecule has 1 atom stereocenters. The molecule has 0 amide bonds. The van der Waals surface area contributed by atoms with Gasteiger partial charge in [-0.25, -0.2) is 0 Å². The topological polar surface area (TPSA) is 35.2 Å². The van der Waals surface area contributed by atoms with Crippen LogP contribution < -0.4 is 5.73 Å². The molecule has 1 rings (SSSR count). The Balaban J connectivity index is 2.28. The standard InChI is InChI=1S/C10H17NO/c11-8-9-12-10-6-4-2-1-3-5-7-10/h10H,1-4,6,8-9,11H2. The molecule has 1 aliphatic rings. The highest BCUT2D eigenvalue weighted by molar-refractivity contribution is 5.05. The lowest BCUT2D eigenvalue weighted by Gasteiger charge is -2.12. The van der Waals surface area contributed by atoms with Gasteiger partial charge in [-0.3, -0.25) is 0 Å². The molecule has 0 saturated carbocycles. The van der Waals surface area contributed by atoms with Crippen molar-refractivity contribution in [3.8, 4) is 11.8 Å². The lowest BCUT2D eigenvalue weighted by atomic mass is 10.1. The van der Waals surface area contributed by atoms with E-state index in [1.54, 1.807) is 0 Å². The summed E-state index contributed by atoms with van der Waals surface area (Å²) >= 11 is 0. The van der Waals surface area contributed by atoms with Crippen LogP contribution in [0.5, 0.6) is 0 Å². The average molecular weight is 167 g/mol. The molecule has 0 spiro atoms. The van der Waals surface area contributed by atoms with Crippen LogP contribution in [0.2, 0.25) is 0 Å². The summed E-state index contributed by atoms with van der Waals surface area (Å²) in [6, 6.07) is 0. The molecule has 12 heavy (non-hydrogen) atoms. The Bertz CT molecular complexity index is 168. The number of rotatable bonds is 3. The molecule has 68 valence electrons. The highest BCUT2D eigenvalue weighted by Gasteiger charge is 2.05. The fourth-order valence-corrected chi connectivity index (χ4v) is 1.31. The Labute approximate surface area is 74.5 Å². The van der Waals surface area contributed by atoms with Gasteiger partial charge >= 0.3 is 0 Å². The minimum absolute atomic E-state index is 0.147. The fraction of sp³-hybridized carbons (Fsp3) is 0.800. The fourth-order valence-electron chi connectivity index (χ4n) is 1.31. The van der Waals surface area contributed by atoms with Crippen LogP contribution in [0.1, 0.15) is 32.1 Å². The third-order valence-corrected chi connectivity index (χ3v) is 1.97. The van der Waals surface area contributed by atoms with Crippen LogP contribution in [0, 0.1) is 11.8 Å². The van der Waals surface area contributed by atoms with Crippen LogP contribution in [-0.2, 0) is 4.74 Å². The molecule has 1 unspecified atom stereocenters. The third-order valence-electron chi connectivity index (χ3n) is 1.97. The molecule has 0 aromatic heterocycles. The van der Waals surface area contributed by atoms with E-state index in [9.17, 15) is 0 Å². The van der Waals surface area contributed by atoms with E-state index in [0.717, 1.165) is 12.8 Å². The Morgan fingerprint density at radius 2 is 2.25 bits per heavy atom. The van der Waals surface area contributed by atoms with E-state index in [-0.39, 0.29) is 6.10 Å². The SMILES string of the molecule is NCCOC1C#CCCCCC1. The van der Waals surface area contributed by atoms with Crippen LogP contribution >= 0.6 is 0 Å². The summed E-state index contributed by atoms with van der Waals surface area (Å²) < 4.78 is 5.47. The monoisotopic (exact) mass is 167 g/mol. The van der Waals surface area contributed by atoms with E-state index in [1.807, 2.05) is 0 Å². The van der Waals surface area contributed by atoms with Crippen LogP contribution in [0.4, 0.5) is 0 Å². The van der Waals surface area contributed by atoms with Gasteiger partial charge in [-0.1, -0.05) is 12.3 Å². The van der Waals surface area contributed by atoms with Gasteiger partial charge in [0.25, 0.3) is 0 Å². The second-order valence-electron chi connectivity index (χ2n) is 3.07. The van der Waals surface area contributed by atoms with E-state index >= 15 is 0 Å². The Kier molecular flexibility index (Phi) is 4.82. The lowest BCUT2D eigenvalue weighted by molar-refractivity contribution is 0.0895. The minimum atomic E-state index is 0.147. The summed E-state index contributed by atoms with van der Waals surface area (Å²) in [5, 5.41) is 0. The zero-order valence-electron chi connectivity index (χ0n) is 7.51. The summed E-state index contributed by atoms with van der Waals surface area (Å²) in [5.41, 5.74) is 5.34. The lowest BCUT2D eigenvalue weighted by Crippen LogP contribution is -2.17. The van der Waals surface area contributed by atoms with E-state index in [2.05, 4.69) is 11.8 Å². The molecule has 0 saturated heterocycles. The summed E-state index contributed by atoms with van der Waals surface area (Å²) in [4.78, 5) is 0. The largest absolute Gasteiger partial charge is 0.364 e. The van der Waals surface area contributed by atoms with Crippen molar-refractivity contribution in [3.63, 3.8) is 0 Å². The van der Waals surface area contributed by atoms with Gasteiger partial charge in [0, 0.05) is 13.0 Å². The molecule has 2 nitrogen and oxygen atoms in total. The molecule has 1 aliphatic carbocycles. The first kappa shape index (κ1) is 9.57. The van der Waals surface area contributed by atoms with Crippen molar-refractivity contribution in [2.75, 3.05) is 13.2 Å². The number of hydrogen-bond donors (Lipinski definition) is 1. The first-order valence-corrected chi connectivity index (χ1v) is 4.73. The summed E-state index contributed by atoms with van der Waals surface area (Å²) in [5.74, 6) is 6.26. The first-order chi connectivity index (χ1) is 5.93. The molecule has 0 aromatic carbocycles. The quantitative estimate of drug-likeness (QED) is 0.643. The summed E-state index contributed by atoms with van der Waals surface area (Å²) in [7, 11) is 0. The Morgan fingerprint density at radius 3 is 3.08 bits per heavy atom. The van der Waals surface area contributed by atoms with Crippen molar-refractivity contribution < 1.29 is 4.74 Å². The third kappa shape index (κ3) is 3.75. The van der Waals surface area contributed by atoms with Crippen molar-refractivity contribution in [3.05, 3.63) is 0 Å². The van der Waals surface area contributed by atoms with Gasteiger partial charge in [0.1, 0.15) is 6.10 Å². The van der Waals surface area contributed by atoms with Crippen molar-refractivity contribution in [2.45, 2.75) is 38.2 Å². The second kappa shape index (κ2) is 6.05. The van der Waals surface area contributed by atoms with Crippen LogP contribution in [0.3, 0.4) is 0 Å². The van der Waals surface area contributed by atoms with Gasteiger partial charge < -0.3 is 10.5 Å². The smallest absolute Gasteiger partial charge is 0.118 e. The van der Waals surface area contributed by atoms with E-state index in [1.165, 1.54) is 19.3 Å². The van der Waals surface area contributed by atoms with E-state index < -0.39 is 0 Å². The van der Waals surface area contributed by atoms with Crippen molar-refractivity contribution in [2.24, 2.45) is 5.73 Å². The zero-order chi connectivity index (χ0) is 8.65. The van der Waals surface area contributed by atoms with Crippen molar-refractivity contribution in [1.82, 2.24) is 0 Å². The predicted molar refractivity (Wildman–Crippen MR) is 49.7 cm³/mol. The van der Waals surface area contributed by atoms with Crippen molar-refractivity contribution in [1.29, 1.82) is 0 Å². The highest BCUT2D eigenvalue weighted by atomic mass is 16.5. The van der Waals surface area contributed by atoms with Gasteiger partial charge in [0.2, 0.25) is 0 Å². The number of nitrogens with two attached hydrogens (primary N) is 1. The molecule has 0 bridgehead atoms. The summed E-state index contributed by atoms with van der Waals surface area (Å²) in [6.07, 6.45) is 6.03. The van der Waals surface area contributed by atoms with Gasteiger partial charge in [-0.15, -0.1) is 5.92 Å². The minimum Gasteiger partial charge on any atom is -0.364 e. The molecule has 0 heterocycles. The second-order valence-corrected chi connectivity index (χ2v) is 3.07. The van der Waals surface area contributed by atoms with Crippen LogP contribution in [0.15, 0.2) is 0 Å². The van der Waals surface area contributed by atoms with Crippen LogP contribution in [0.25, 0.3) is 0 Å². The number of hydrogen-bond acceptors (Lipinski definition) is 2. The van der Waals surface area contributed by atoms with E-state index in [4.69, 9.17) is 10.5 Å². The maximum atomic E-state index is 5.47. The summed E-state index contributed by atoms with van der Waals surface area (Å²) in [6.45, 7) is 1.23. The molecule has 0 aromatic rings. The number of ether oxygens (including phenoxy) is 1. The molecule has 2 N–H and O–H groups in total. The normalized spacial score (nSPS) is 23.6. The molecule has 0 aliphatic heterocycles. The molecule has 2 heteroatoms. The van der Waals surface area contributed by atoms with Gasteiger partial charge in [0.15, 0.2) is 0 Å². The van der Waals surface area contributed by atoms with Gasteiger partial charge in [0.05, 0.1) is 6.61 Å². The van der Waals surface area contributed by atoms with E-state index in [0.29, 0.717) is 13.2 Å². The van der Waals surface area contributed by atoms with Gasteiger partial charge in [-0.2, -0.15) is 0 Å². The maximum absolute atomic E-state index is 5.47. The average Bonchev–Trinajstić information content (AvgIpc) is 2.02. The molecular formula is C10H17NO. The zero-order valence-corrected chi connectivity index (χ0v) is 7.51. The Hall–Kier alpha value is -0.520. The first-order valence-electron chi connectivity index (χ1n) is 4.73. The maximum Gasteiger partial charge on any atom is 0.118 e. The van der Waals surface area contributed by atoms with Crippen LogP contribution in [-0.4, -0.2) is 19.3 Å². The predicted octanol–water partition coefficient (Wildman–Crippen LogP) is 1.30. The molecule has 0 radical (unpaired) electrons. The highest BCUT2D eigenvalue weighted by Crippen LogP contribution is 2.10. The van der Waals surface area contributed by atoms with Gasteiger partial charge in [-0.05, 0) is 19.3 Å². The molecule has 0 fully saturated rings. The molecular weight excluding hydrogens is 150 g/mol. The van der Waals surface area contributed by atoms with Crippen molar-refractivity contribution >= 4 is 0 Å². The Morgan fingerprint density at radius 1 is 1.33 bits per heavy atom.